The van der Waals surface area contributed by atoms with E-state index in [2.05, 4.69) is 0 Å². The number of amides is 1. The average molecular weight is 335 g/mol. The third kappa shape index (κ3) is 2.06. The molecule has 1 heterocycles. The predicted octanol–water partition coefficient (Wildman–Crippen LogP) is 3.70. The molecule has 24 heavy (non-hydrogen) atoms. The van der Waals surface area contributed by atoms with Crippen LogP contribution in [-0.4, -0.2) is 14.3 Å². The summed E-state index contributed by atoms with van der Waals surface area (Å²) in [7, 11) is -3.96. The van der Waals surface area contributed by atoms with Crippen LogP contribution in [0.2, 0.25) is 0 Å². The lowest BCUT2D eigenvalue weighted by Gasteiger charge is -2.30. The van der Waals surface area contributed by atoms with E-state index in [0.29, 0.717) is 16.8 Å². The molecule has 3 aromatic rings. The lowest BCUT2D eigenvalue weighted by Crippen LogP contribution is -2.39. The highest BCUT2D eigenvalue weighted by molar-refractivity contribution is 7.93. The van der Waals surface area contributed by atoms with Gasteiger partial charge in [-0.2, -0.15) is 4.31 Å². The third-order valence-electron chi connectivity index (χ3n) is 4.02. The van der Waals surface area contributed by atoms with Crippen molar-refractivity contribution in [2.75, 3.05) is 4.31 Å². The van der Waals surface area contributed by atoms with E-state index in [-0.39, 0.29) is 4.90 Å². The van der Waals surface area contributed by atoms with Gasteiger partial charge in [0.25, 0.3) is 15.9 Å². The minimum Gasteiger partial charge on any atom is -0.268 e. The van der Waals surface area contributed by atoms with E-state index < -0.39 is 15.9 Å². The molecule has 3 aromatic carbocycles. The monoisotopic (exact) mass is 335 g/mol. The second kappa shape index (κ2) is 5.32. The van der Waals surface area contributed by atoms with Crippen LogP contribution >= 0.6 is 0 Å². The van der Waals surface area contributed by atoms with Crippen molar-refractivity contribution in [3.63, 3.8) is 0 Å². The first-order valence-electron chi connectivity index (χ1n) is 7.44. The van der Waals surface area contributed by atoms with E-state index in [1.807, 2.05) is 12.1 Å². The van der Waals surface area contributed by atoms with Crippen LogP contribution in [0, 0.1) is 0 Å². The number of benzene rings is 3. The molecule has 0 bridgehead atoms. The van der Waals surface area contributed by atoms with Crippen LogP contribution in [0.4, 0.5) is 5.69 Å². The van der Waals surface area contributed by atoms with Crippen molar-refractivity contribution in [1.82, 2.24) is 0 Å². The zero-order chi connectivity index (χ0) is 16.7. The number of para-hydroxylation sites is 1. The Labute approximate surface area is 140 Å². The lowest BCUT2D eigenvalue weighted by atomic mass is 10.0. The lowest BCUT2D eigenvalue weighted by molar-refractivity contribution is 0.101. The van der Waals surface area contributed by atoms with Crippen LogP contribution in [0.15, 0.2) is 83.8 Å². The first kappa shape index (κ1) is 14.7. The molecule has 0 aromatic heterocycles. The van der Waals surface area contributed by atoms with Crippen molar-refractivity contribution in [2.45, 2.75) is 4.90 Å². The van der Waals surface area contributed by atoms with Crippen LogP contribution in [-0.2, 0) is 10.0 Å². The fraction of sp³-hybridized carbons (Fsp3) is 0. The summed E-state index contributed by atoms with van der Waals surface area (Å²) in [6.45, 7) is 0. The number of anilines is 1. The zero-order valence-electron chi connectivity index (χ0n) is 12.6. The highest BCUT2D eigenvalue weighted by atomic mass is 32.2. The molecule has 0 radical (unpaired) electrons. The normalized spacial score (nSPS) is 14.6. The number of carbonyl (C=O) groups is 1. The first-order chi connectivity index (χ1) is 11.6. The molecule has 0 fully saturated rings. The summed E-state index contributed by atoms with van der Waals surface area (Å²) >= 11 is 0. The maximum Gasteiger partial charge on any atom is 0.272 e. The van der Waals surface area contributed by atoms with E-state index >= 15 is 0 Å². The Kier molecular flexibility index (Phi) is 3.25. The summed E-state index contributed by atoms with van der Waals surface area (Å²) in [4.78, 5) is 13.1. The van der Waals surface area contributed by atoms with Gasteiger partial charge >= 0.3 is 0 Å². The number of nitrogens with zero attached hydrogens (tertiary/aromatic N) is 1. The number of fused-ring (bicyclic) bond motifs is 3. The molecular formula is C19H13NO3S. The number of sulfonamides is 1. The van der Waals surface area contributed by atoms with E-state index in [1.54, 1.807) is 60.7 Å². The Hall–Kier alpha value is -2.92. The van der Waals surface area contributed by atoms with Crippen LogP contribution < -0.4 is 4.31 Å². The number of hydrogen-bond donors (Lipinski definition) is 0. The molecule has 0 N–H and O–H groups in total. The Bertz CT molecular complexity index is 1040. The molecule has 0 aliphatic carbocycles. The van der Waals surface area contributed by atoms with Crippen LogP contribution in [0.1, 0.15) is 10.4 Å². The van der Waals surface area contributed by atoms with Crippen molar-refractivity contribution < 1.29 is 13.2 Å². The fourth-order valence-corrected chi connectivity index (χ4v) is 4.58. The molecular weight excluding hydrogens is 322 g/mol. The van der Waals surface area contributed by atoms with Gasteiger partial charge in [-0.1, -0.05) is 54.6 Å². The number of carbonyl (C=O) groups excluding carboxylic acids is 1. The van der Waals surface area contributed by atoms with Gasteiger partial charge in [-0.3, -0.25) is 4.79 Å². The van der Waals surface area contributed by atoms with Gasteiger partial charge in [-0.15, -0.1) is 0 Å². The summed E-state index contributed by atoms with van der Waals surface area (Å²) in [5, 5.41) is 0. The summed E-state index contributed by atoms with van der Waals surface area (Å²) in [6, 6.07) is 22.2. The smallest absolute Gasteiger partial charge is 0.268 e. The molecule has 0 unspecified atom stereocenters. The maximum atomic E-state index is 13.1. The molecule has 0 saturated heterocycles. The average Bonchev–Trinajstić information content (AvgIpc) is 2.62. The van der Waals surface area contributed by atoms with Gasteiger partial charge in [0.05, 0.1) is 10.6 Å². The third-order valence-corrected chi connectivity index (χ3v) is 5.78. The van der Waals surface area contributed by atoms with Crippen molar-refractivity contribution in [3.8, 4) is 11.1 Å². The molecule has 0 atom stereocenters. The van der Waals surface area contributed by atoms with Gasteiger partial charge in [-0.05, 0) is 24.3 Å². The molecule has 4 rings (SSSR count). The molecule has 1 aliphatic heterocycles. The van der Waals surface area contributed by atoms with Crippen molar-refractivity contribution >= 4 is 21.6 Å². The second-order valence-corrected chi connectivity index (χ2v) is 7.21. The molecule has 0 spiro atoms. The zero-order valence-corrected chi connectivity index (χ0v) is 13.4. The molecule has 5 heteroatoms. The van der Waals surface area contributed by atoms with E-state index in [9.17, 15) is 13.2 Å². The van der Waals surface area contributed by atoms with Gasteiger partial charge in [-0.25, -0.2) is 8.42 Å². The molecule has 118 valence electrons. The minimum absolute atomic E-state index is 0.146. The van der Waals surface area contributed by atoms with Gasteiger partial charge in [0.2, 0.25) is 0 Å². The SMILES string of the molecule is O=C(c1ccccc1)N1c2ccccc2-c2ccccc2S1(=O)=O. The maximum absolute atomic E-state index is 13.1. The Balaban J connectivity index is 2.00. The molecule has 1 amide bonds. The summed E-state index contributed by atoms with van der Waals surface area (Å²) in [6.07, 6.45) is 0. The summed E-state index contributed by atoms with van der Waals surface area (Å²) in [5.41, 5.74) is 2.05. The quantitative estimate of drug-likeness (QED) is 0.681. The molecule has 4 nitrogen and oxygen atoms in total. The van der Waals surface area contributed by atoms with Gasteiger partial charge in [0.1, 0.15) is 0 Å². The Morgan fingerprint density at radius 3 is 2.04 bits per heavy atom. The van der Waals surface area contributed by atoms with Gasteiger partial charge in [0, 0.05) is 16.7 Å². The van der Waals surface area contributed by atoms with Gasteiger partial charge in [0.15, 0.2) is 0 Å². The molecule has 0 saturated carbocycles. The second-order valence-electron chi connectivity index (χ2n) is 5.45. The summed E-state index contributed by atoms with van der Waals surface area (Å²) in [5.74, 6) is -0.558. The van der Waals surface area contributed by atoms with Crippen molar-refractivity contribution in [2.24, 2.45) is 0 Å². The van der Waals surface area contributed by atoms with Gasteiger partial charge < -0.3 is 0 Å². The summed E-state index contributed by atoms with van der Waals surface area (Å²) < 4.78 is 27.1. The van der Waals surface area contributed by atoms with Crippen LogP contribution in [0.5, 0.6) is 0 Å². The topological polar surface area (TPSA) is 54.5 Å². The predicted molar refractivity (Wildman–Crippen MR) is 92.3 cm³/mol. The number of rotatable bonds is 1. The minimum atomic E-state index is -3.96. The highest BCUT2D eigenvalue weighted by Crippen LogP contribution is 2.43. The van der Waals surface area contributed by atoms with E-state index in [4.69, 9.17) is 0 Å². The number of hydrogen-bond acceptors (Lipinski definition) is 3. The molecule has 1 aliphatic rings. The largest absolute Gasteiger partial charge is 0.272 e. The van der Waals surface area contributed by atoms with Crippen LogP contribution in [0.3, 0.4) is 0 Å². The highest BCUT2D eigenvalue weighted by Gasteiger charge is 2.38. The fourth-order valence-electron chi connectivity index (χ4n) is 2.94. The standard InChI is InChI=1S/C19H13NO3S/c21-19(14-8-2-1-3-9-14)20-17-12-6-4-10-15(17)16-11-5-7-13-18(16)24(20,22)23/h1-13H. The van der Waals surface area contributed by atoms with Crippen LogP contribution in [0.25, 0.3) is 11.1 Å². The van der Waals surface area contributed by atoms with E-state index in [0.717, 1.165) is 9.87 Å². The first-order valence-corrected chi connectivity index (χ1v) is 8.88. The van der Waals surface area contributed by atoms with Crippen molar-refractivity contribution in [3.05, 3.63) is 84.4 Å². The van der Waals surface area contributed by atoms with Crippen molar-refractivity contribution in [1.29, 1.82) is 0 Å². The van der Waals surface area contributed by atoms with E-state index in [1.165, 1.54) is 6.07 Å². The Morgan fingerprint density at radius 2 is 1.29 bits per heavy atom. The Morgan fingerprint density at radius 1 is 0.708 bits per heavy atom.